The summed E-state index contributed by atoms with van der Waals surface area (Å²) in [5.41, 5.74) is 0.622. The van der Waals surface area contributed by atoms with E-state index in [2.05, 4.69) is 10.2 Å². The molecule has 0 aromatic heterocycles. The molecule has 2 amide bonds. The fourth-order valence-electron chi connectivity index (χ4n) is 3.48. The average molecular weight is 384 g/mol. The first-order chi connectivity index (χ1) is 12.2. The number of methoxy groups -OCH3 is 1. The van der Waals surface area contributed by atoms with Crippen LogP contribution in [0.5, 0.6) is 5.75 Å². The lowest BCUT2D eigenvalue weighted by Gasteiger charge is -2.32. The number of likely N-dealkylation sites (tertiary alicyclic amines) is 1. The van der Waals surface area contributed by atoms with Crippen LogP contribution in [0.4, 0.5) is 10.5 Å². The fraction of sp³-hybridized carbons (Fsp3) is 0.611. The number of carbonyl (C=O) groups is 1. The van der Waals surface area contributed by atoms with Crippen LogP contribution < -0.4 is 10.1 Å². The molecule has 1 aromatic carbocycles. The summed E-state index contributed by atoms with van der Waals surface area (Å²) in [6, 6.07) is 5.45. The first-order valence-electron chi connectivity index (χ1n) is 8.88. The Balaban J connectivity index is 1.71. The molecule has 3 rings (SSSR count). The van der Waals surface area contributed by atoms with Gasteiger partial charge >= 0.3 is 6.03 Å². The van der Waals surface area contributed by atoms with Gasteiger partial charge in [-0.3, -0.25) is 0 Å². The largest absolute Gasteiger partial charge is 0.495 e. The van der Waals surface area contributed by atoms with Gasteiger partial charge in [0.2, 0.25) is 0 Å². The van der Waals surface area contributed by atoms with Crippen molar-refractivity contribution < 1.29 is 9.53 Å². The SMILES string of the molecule is COc1ccc(Cl)cc1NC(=O)N1CCCSCC1CN1CCCC1. The van der Waals surface area contributed by atoms with E-state index in [9.17, 15) is 4.79 Å². The summed E-state index contributed by atoms with van der Waals surface area (Å²) in [7, 11) is 1.59. The second-order valence-corrected chi connectivity index (χ2v) is 8.14. The number of urea groups is 1. The van der Waals surface area contributed by atoms with Crippen LogP contribution in [0.3, 0.4) is 0 Å². The van der Waals surface area contributed by atoms with E-state index < -0.39 is 0 Å². The van der Waals surface area contributed by atoms with E-state index in [1.54, 1.807) is 25.3 Å². The molecule has 0 saturated carbocycles. The summed E-state index contributed by atoms with van der Waals surface area (Å²) >= 11 is 8.03. The topological polar surface area (TPSA) is 44.8 Å². The van der Waals surface area contributed by atoms with Crippen molar-refractivity contribution in [2.24, 2.45) is 0 Å². The highest BCUT2D eigenvalue weighted by molar-refractivity contribution is 7.99. The molecule has 2 aliphatic heterocycles. The van der Waals surface area contributed by atoms with Gasteiger partial charge in [0, 0.05) is 23.9 Å². The van der Waals surface area contributed by atoms with Crippen molar-refractivity contribution in [2.75, 3.05) is 50.1 Å². The number of nitrogens with zero attached hydrogens (tertiary/aromatic N) is 2. The van der Waals surface area contributed by atoms with E-state index in [-0.39, 0.29) is 12.1 Å². The van der Waals surface area contributed by atoms with Crippen LogP contribution in [0.1, 0.15) is 19.3 Å². The monoisotopic (exact) mass is 383 g/mol. The Morgan fingerprint density at radius 2 is 2.12 bits per heavy atom. The van der Waals surface area contributed by atoms with Gasteiger partial charge in [0.1, 0.15) is 5.75 Å². The number of carbonyl (C=O) groups excluding carboxylic acids is 1. The minimum Gasteiger partial charge on any atom is -0.495 e. The Morgan fingerprint density at radius 3 is 2.88 bits per heavy atom. The van der Waals surface area contributed by atoms with Crippen molar-refractivity contribution in [2.45, 2.75) is 25.3 Å². The third-order valence-corrected chi connectivity index (χ3v) is 6.20. The zero-order valence-corrected chi connectivity index (χ0v) is 16.2. The first kappa shape index (κ1) is 18.7. The Bertz CT molecular complexity index is 596. The number of nitrogens with one attached hydrogen (secondary N) is 1. The number of hydrogen-bond donors (Lipinski definition) is 1. The molecule has 0 spiro atoms. The lowest BCUT2D eigenvalue weighted by molar-refractivity contribution is 0.173. The number of hydrogen-bond acceptors (Lipinski definition) is 4. The van der Waals surface area contributed by atoms with Crippen LogP contribution in [-0.4, -0.2) is 66.7 Å². The van der Waals surface area contributed by atoms with Crippen molar-refractivity contribution in [1.82, 2.24) is 9.80 Å². The highest BCUT2D eigenvalue weighted by Gasteiger charge is 2.28. The molecule has 0 radical (unpaired) electrons. The number of benzene rings is 1. The van der Waals surface area contributed by atoms with Crippen LogP contribution in [0.2, 0.25) is 5.02 Å². The van der Waals surface area contributed by atoms with E-state index in [1.165, 1.54) is 12.8 Å². The van der Waals surface area contributed by atoms with Gasteiger partial charge in [0.05, 0.1) is 18.8 Å². The average Bonchev–Trinajstić information content (AvgIpc) is 2.99. The van der Waals surface area contributed by atoms with E-state index in [1.807, 2.05) is 16.7 Å². The zero-order valence-electron chi connectivity index (χ0n) is 14.7. The number of anilines is 1. The van der Waals surface area contributed by atoms with Crippen molar-refractivity contribution in [3.8, 4) is 5.75 Å². The van der Waals surface area contributed by atoms with E-state index in [4.69, 9.17) is 16.3 Å². The number of amides is 2. The summed E-state index contributed by atoms with van der Waals surface area (Å²) < 4.78 is 5.34. The summed E-state index contributed by atoms with van der Waals surface area (Å²) in [4.78, 5) is 17.5. The van der Waals surface area contributed by atoms with E-state index in [0.717, 1.165) is 44.1 Å². The summed E-state index contributed by atoms with van der Waals surface area (Å²) in [6.07, 6.45) is 3.57. The predicted molar refractivity (Wildman–Crippen MR) is 105 cm³/mol. The lowest BCUT2D eigenvalue weighted by atomic mass is 10.2. The molecule has 5 nitrogen and oxygen atoms in total. The minimum absolute atomic E-state index is 0.0627. The molecule has 138 valence electrons. The second-order valence-electron chi connectivity index (χ2n) is 6.56. The standard InChI is InChI=1S/C18H26ClN3O2S/c1-24-17-6-5-14(19)11-16(17)20-18(23)22-9-4-10-25-13-15(22)12-21-7-2-3-8-21/h5-6,11,15H,2-4,7-10,12-13H2,1H3,(H,20,23). The van der Waals surface area contributed by atoms with Crippen LogP contribution in [0.25, 0.3) is 0 Å². The molecule has 7 heteroatoms. The predicted octanol–water partition coefficient (Wildman–Crippen LogP) is 3.78. The number of rotatable bonds is 4. The maximum absolute atomic E-state index is 13.0. The number of thioether (sulfide) groups is 1. The molecule has 2 fully saturated rings. The van der Waals surface area contributed by atoms with Crippen LogP contribution in [0, 0.1) is 0 Å². The molecule has 1 atom stereocenters. The Kier molecular flexibility index (Phi) is 6.73. The van der Waals surface area contributed by atoms with Crippen LogP contribution in [0.15, 0.2) is 18.2 Å². The molecular formula is C18H26ClN3O2S. The molecule has 25 heavy (non-hydrogen) atoms. The number of halogens is 1. The number of ether oxygens (including phenoxy) is 1. The van der Waals surface area contributed by atoms with Gasteiger partial charge < -0.3 is 19.9 Å². The van der Waals surface area contributed by atoms with Crippen molar-refractivity contribution in [3.63, 3.8) is 0 Å². The molecule has 0 bridgehead atoms. The molecule has 2 aliphatic rings. The fourth-order valence-corrected chi connectivity index (χ4v) is 4.71. The van der Waals surface area contributed by atoms with Gasteiger partial charge in [0.15, 0.2) is 0 Å². The quantitative estimate of drug-likeness (QED) is 0.859. The summed E-state index contributed by atoms with van der Waals surface area (Å²) in [6.45, 7) is 4.06. The van der Waals surface area contributed by atoms with Crippen molar-refractivity contribution in [1.29, 1.82) is 0 Å². The molecule has 1 unspecified atom stereocenters. The molecule has 1 N–H and O–H groups in total. The molecular weight excluding hydrogens is 358 g/mol. The smallest absolute Gasteiger partial charge is 0.322 e. The third kappa shape index (κ3) is 4.96. The Morgan fingerprint density at radius 1 is 1.32 bits per heavy atom. The Labute approximate surface area is 159 Å². The van der Waals surface area contributed by atoms with Gasteiger partial charge in [-0.2, -0.15) is 11.8 Å². The maximum atomic E-state index is 13.0. The molecule has 2 heterocycles. The van der Waals surface area contributed by atoms with Gasteiger partial charge in [-0.05, 0) is 56.3 Å². The highest BCUT2D eigenvalue weighted by Crippen LogP contribution is 2.28. The summed E-state index contributed by atoms with van der Waals surface area (Å²) in [5.74, 6) is 2.73. The molecule has 0 aliphatic carbocycles. The highest BCUT2D eigenvalue weighted by atomic mass is 35.5. The first-order valence-corrected chi connectivity index (χ1v) is 10.4. The van der Waals surface area contributed by atoms with Crippen molar-refractivity contribution >= 4 is 35.1 Å². The Hall–Kier alpha value is -1.11. The van der Waals surface area contributed by atoms with Gasteiger partial charge in [-0.25, -0.2) is 4.79 Å². The summed E-state index contributed by atoms with van der Waals surface area (Å²) in [5, 5.41) is 3.58. The van der Waals surface area contributed by atoms with Gasteiger partial charge in [-0.1, -0.05) is 11.6 Å². The van der Waals surface area contributed by atoms with Crippen LogP contribution in [-0.2, 0) is 0 Å². The van der Waals surface area contributed by atoms with E-state index >= 15 is 0 Å². The van der Waals surface area contributed by atoms with E-state index in [0.29, 0.717) is 16.5 Å². The van der Waals surface area contributed by atoms with Crippen molar-refractivity contribution in [3.05, 3.63) is 23.2 Å². The van der Waals surface area contributed by atoms with Crippen LogP contribution >= 0.6 is 23.4 Å². The molecule has 2 saturated heterocycles. The lowest BCUT2D eigenvalue weighted by Crippen LogP contribution is -2.49. The maximum Gasteiger partial charge on any atom is 0.322 e. The second kappa shape index (κ2) is 9.01. The van der Waals surface area contributed by atoms with Gasteiger partial charge in [0.25, 0.3) is 0 Å². The zero-order chi connectivity index (χ0) is 17.6. The third-order valence-electron chi connectivity index (χ3n) is 4.77. The van der Waals surface area contributed by atoms with Gasteiger partial charge in [-0.15, -0.1) is 0 Å². The minimum atomic E-state index is -0.0627. The normalized spacial score (nSPS) is 21.8. The molecule has 1 aromatic rings.